The summed E-state index contributed by atoms with van der Waals surface area (Å²) < 4.78 is 2.26. The number of imidazole rings is 1. The zero-order valence-corrected chi connectivity index (χ0v) is 13.1. The molecular formula is C15H29N5. The summed E-state index contributed by atoms with van der Waals surface area (Å²) in [6.07, 6.45) is 7.60. The lowest BCUT2D eigenvalue weighted by Crippen LogP contribution is -2.48. The second kappa shape index (κ2) is 7.20. The molecule has 5 heteroatoms. The zero-order chi connectivity index (χ0) is 14.5. The third-order valence-corrected chi connectivity index (χ3v) is 4.37. The van der Waals surface area contributed by atoms with E-state index in [1.165, 1.54) is 18.5 Å². The van der Waals surface area contributed by atoms with Crippen molar-refractivity contribution in [1.82, 2.24) is 19.4 Å². The molecule has 2 N–H and O–H groups in total. The Bertz CT molecular complexity index is 401. The van der Waals surface area contributed by atoms with E-state index in [9.17, 15) is 0 Å². The van der Waals surface area contributed by atoms with Gasteiger partial charge in [-0.05, 0) is 39.9 Å². The van der Waals surface area contributed by atoms with Crippen LogP contribution in [-0.2, 0) is 6.54 Å². The fourth-order valence-electron chi connectivity index (χ4n) is 3.18. The van der Waals surface area contributed by atoms with E-state index in [1.54, 1.807) is 0 Å². The highest BCUT2D eigenvalue weighted by Gasteiger charge is 2.28. The molecule has 2 rings (SSSR count). The van der Waals surface area contributed by atoms with Crippen molar-refractivity contribution in [2.45, 2.75) is 44.8 Å². The minimum Gasteiger partial charge on any atom is -0.333 e. The number of likely N-dealkylation sites (tertiary alicyclic amines) is 1. The number of piperidine rings is 1. The Morgan fingerprint density at radius 3 is 2.95 bits per heavy atom. The molecule has 5 nitrogen and oxygen atoms in total. The average molecular weight is 279 g/mol. The van der Waals surface area contributed by atoms with Gasteiger partial charge in [-0.15, -0.1) is 0 Å². The summed E-state index contributed by atoms with van der Waals surface area (Å²) in [5, 5.41) is 0. The summed E-state index contributed by atoms with van der Waals surface area (Å²) in [5.41, 5.74) is 7.36. The van der Waals surface area contributed by atoms with Crippen molar-refractivity contribution in [3.8, 4) is 0 Å². The molecule has 2 atom stereocenters. The molecular weight excluding hydrogens is 250 g/mol. The first-order valence-electron chi connectivity index (χ1n) is 7.78. The van der Waals surface area contributed by atoms with E-state index in [0.29, 0.717) is 18.6 Å². The molecule has 0 spiro atoms. The highest BCUT2D eigenvalue weighted by molar-refractivity contribution is 5.07. The Kier molecular flexibility index (Phi) is 5.57. The summed E-state index contributed by atoms with van der Waals surface area (Å²) in [5.74, 6) is 0. The summed E-state index contributed by atoms with van der Waals surface area (Å²) in [6, 6.07) is 0.937. The second-order valence-electron chi connectivity index (χ2n) is 6.02. The molecule has 1 aliphatic rings. The van der Waals surface area contributed by atoms with E-state index in [4.69, 9.17) is 5.73 Å². The van der Waals surface area contributed by atoms with Gasteiger partial charge >= 0.3 is 0 Å². The van der Waals surface area contributed by atoms with Gasteiger partial charge in [-0.3, -0.25) is 4.90 Å². The van der Waals surface area contributed by atoms with Crippen LogP contribution >= 0.6 is 0 Å². The summed E-state index contributed by atoms with van der Waals surface area (Å²) >= 11 is 0. The van der Waals surface area contributed by atoms with Gasteiger partial charge < -0.3 is 15.2 Å². The van der Waals surface area contributed by atoms with Crippen molar-refractivity contribution < 1.29 is 0 Å². The van der Waals surface area contributed by atoms with Gasteiger partial charge in [0.25, 0.3) is 0 Å². The quantitative estimate of drug-likeness (QED) is 0.853. The standard InChI is InChI=1S/C15H29N5/c1-4-7-20-12-17-10-15(20)14(9-16)19-8-5-6-13(11-19)18(2)3/h10,12-14H,4-9,11,16H2,1-3H3. The third kappa shape index (κ3) is 3.40. The maximum Gasteiger partial charge on any atom is 0.0948 e. The molecule has 1 aliphatic heterocycles. The normalized spacial score (nSPS) is 22.4. The van der Waals surface area contributed by atoms with Gasteiger partial charge in [-0.2, -0.15) is 0 Å². The molecule has 20 heavy (non-hydrogen) atoms. The molecule has 0 radical (unpaired) electrons. The number of aromatic nitrogens is 2. The largest absolute Gasteiger partial charge is 0.333 e. The monoisotopic (exact) mass is 279 g/mol. The molecule has 2 heterocycles. The van der Waals surface area contributed by atoms with Crippen LogP contribution in [0.4, 0.5) is 0 Å². The number of nitrogens with zero attached hydrogens (tertiary/aromatic N) is 4. The number of hydrogen-bond donors (Lipinski definition) is 1. The number of rotatable bonds is 6. The van der Waals surface area contributed by atoms with Gasteiger partial charge in [-0.1, -0.05) is 6.92 Å². The first-order valence-corrected chi connectivity index (χ1v) is 7.78. The van der Waals surface area contributed by atoms with Crippen LogP contribution in [0.5, 0.6) is 0 Å². The number of hydrogen-bond acceptors (Lipinski definition) is 4. The molecule has 1 fully saturated rings. The van der Waals surface area contributed by atoms with Crippen LogP contribution in [0.3, 0.4) is 0 Å². The van der Waals surface area contributed by atoms with Crippen LogP contribution in [0.1, 0.15) is 37.9 Å². The lowest BCUT2D eigenvalue weighted by Gasteiger charge is -2.40. The zero-order valence-electron chi connectivity index (χ0n) is 13.1. The van der Waals surface area contributed by atoms with Crippen molar-refractivity contribution in [3.63, 3.8) is 0 Å². The van der Waals surface area contributed by atoms with E-state index in [1.807, 2.05) is 12.5 Å². The second-order valence-corrected chi connectivity index (χ2v) is 6.02. The van der Waals surface area contributed by atoms with Crippen LogP contribution in [0.15, 0.2) is 12.5 Å². The summed E-state index contributed by atoms with van der Waals surface area (Å²) in [6.45, 7) is 6.13. The Morgan fingerprint density at radius 2 is 2.30 bits per heavy atom. The molecule has 1 aromatic heterocycles. The van der Waals surface area contributed by atoms with Crippen LogP contribution in [0.25, 0.3) is 0 Å². The Labute approximate surface area is 122 Å². The Morgan fingerprint density at radius 1 is 1.50 bits per heavy atom. The predicted molar refractivity (Wildman–Crippen MR) is 82.6 cm³/mol. The Hall–Kier alpha value is -0.910. The molecule has 0 saturated carbocycles. The van der Waals surface area contributed by atoms with Gasteiger partial charge in [0.1, 0.15) is 0 Å². The average Bonchev–Trinajstić information content (AvgIpc) is 2.89. The third-order valence-electron chi connectivity index (χ3n) is 4.37. The van der Waals surface area contributed by atoms with Crippen LogP contribution in [0.2, 0.25) is 0 Å². The van der Waals surface area contributed by atoms with Crippen LogP contribution in [0, 0.1) is 0 Å². The first kappa shape index (κ1) is 15.5. The number of nitrogens with two attached hydrogens (primary N) is 1. The minimum absolute atomic E-state index is 0.298. The molecule has 1 saturated heterocycles. The molecule has 2 unspecified atom stereocenters. The van der Waals surface area contributed by atoms with Crippen molar-refractivity contribution in [2.24, 2.45) is 5.73 Å². The van der Waals surface area contributed by atoms with Crippen LogP contribution < -0.4 is 5.73 Å². The maximum atomic E-state index is 6.09. The van der Waals surface area contributed by atoms with Crippen molar-refractivity contribution in [1.29, 1.82) is 0 Å². The van der Waals surface area contributed by atoms with E-state index < -0.39 is 0 Å². The number of likely N-dealkylation sites (N-methyl/N-ethyl adjacent to an activating group) is 1. The summed E-state index contributed by atoms with van der Waals surface area (Å²) in [7, 11) is 4.35. The van der Waals surface area contributed by atoms with E-state index in [-0.39, 0.29) is 0 Å². The van der Waals surface area contributed by atoms with E-state index >= 15 is 0 Å². The SMILES string of the molecule is CCCn1cncc1C(CN)N1CCCC(N(C)C)C1. The first-order chi connectivity index (χ1) is 9.67. The molecule has 0 amide bonds. The number of aryl methyl sites for hydroxylation is 1. The fraction of sp³-hybridized carbons (Fsp3) is 0.800. The highest BCUT2D eigenvalue weighted by Crippen LogP contribution is 2.25. The summed E-state index contributed by atoms with van der Waals surface area (Å²) in [4.78, 5) is 9.20. The highest BCUT2D eigenvalue weighted by atomic mass is 15.2. The van der Waals surface area contributed by atoms with Crippen molar-refractivity contribution >= 4 is 0 Å². The fourth-order valence-corrected chi connectivity index (χ4v) is 3.18. The smallest absolute Gasteiger partial charge is 0.0948 e. The molecule has 0 aromatic carbocycles. The van der Waals surface area contributed by atoms with Gasteiger partial charge in [0.15, 0.2) is 0 Å². The van der Waals surface area contributed by atoms with Gasteiger partial charge in [0.05, 0.1) is 18.1 Å². The maximum absolute atomic E-state index is 6.09. The predicted octanol–water partition coefficient (Wildman–Crippen LogP) is 1.32. The van der Waals surface area contributed by atoms with Crippen LogP contribution in [-0.4, -0.2) is 59.1 Å². The van der Waals surface area contributed by atoms with Gasteiger partial charge in [-0.25, -0.2) is 4.98 Å². The lowest BCUT2D eigenvalue weighted by atomic mass is 10.0. The van der Waals surface area contributed by atoms with Gasteiger partial charge in [0.2, 0.25) is 0 Å². The topological polar surface area (TPSA) is 50.3 Å². The van der Waals surface area contributed by atoms with E-state index in [0.717, 1.165) is 26.1 Å². The Balaban J connectivity index is 2.12. The van der Waals surface area contributed by atoms with Crippen molar-refractivity contribution in [3.05, 3.63) is 18.2 Å². The minimum atomic E-state index is 0.298. The molecule has 1 aromatic rings. The van der Waals surface area contributed by atoms with Crippen molar-refractivity contribution in [2.75, 3.05) is 33.7 Å². The van der Waals surface area contributed by atoms with E-state index in [2.05, 4.69) is 40.4 Å². The molecule has 0 aliphatic carbocycles. The molecule has 0 bridgehead atoms. The lowest BCUT2D eigenvalue weighted by molar-refractivity contribution is 0.0952. The molecule has 114 valence electrons. The van der Waals surface area contributed by atoms with Gasteiger partial charge in [0, 0.05) is 31.9 Å².